The molecule has 1 aliphatic rings. The summed E-state index contributed by atoms with van der Waals surface area (Å²) in [7, 11) is 0. The van der Waals surface area contributed by atoms with Crippen LogP contribution in [0, 0.1) is 5.41 Å². The molecule has 3 rings (SSSR count). The van der Waals surface area contributed by atoms with E-state index < -0.39 is 0 Å². The van der Waals surface area contributed by atoms with Crippen molar-refractivity contribution in [2.75, 3.05) is 5.88 Å². The zero-order valence-electron chi connectivity index (χ0n) is 11.8. The highest BCUT2D eigenvalue weighted by molar-refractivity contribution is 9.10. The lowest BCUT2D eigenvalue weighted by atomic mass is 9.88. The van der Waals surface area contributed by atoms with Crippen LogP contribution in [0.5, 0.6) is 0 Å². The molecule has 0 amide bonds. The number of nitrogens with zero attached hydrogens (tertiary/aromatic N) is 2. The van der Waals surface area contributed by atoms with E-state index in [0.717, 1.165) is 28.8 Å². The summed E-state index contributed by atoms with van der Waals surface area (Å²) in [5.41, 5.74) is 2.73. The molecule has 0 atom stereocenters. The molecule has 0 spiro atoms. The lowest BCUT2D eigenvalue weighted by Crippen LogP contribution is -2.21. The molecule has 1 saturated carbocycles. The Hall–Kier alpha value is -0.540. The normalized spacial score (nSPS) is 17.9. The van der Waals surface area contributed by atoms with Crippen molar-refractivity contribution in [2.45, 2.75) is 45.6 Å². The highest BCUT2D eigenvalue weighted by atomic mass is 79.9. The van der Waals surface area contributed by atoms with Crippen LogP contribution in [0.15, 0.2) is 22.7 Å². The molecule has 0 unspecified atom stereocenters. The van der Waals surface area contributed by atoms with E-state index in [-0.39, 0.29) is 0 Å². The minimum atomic E-state index is 0.418. The van der Waals surface area contributed by atoms with Gasteiger partial charge in [0.2, 0.25) is 0 Å². The predicted octanol–water partition coefficient (Wildman–Crippen LogP) is 5.16. The summed E-state index contributed by atoms with van der Waals surface area (Å²) in [4.78, 5) is 4.78. The Balaban J connectivity index is 2.04. The molecular formula is C16H20BrClN2. The molecule has 1 aliphatic carbocycles. The van der Waals surface area contributed by atoms with Gasteiger partial charge in [0.25, 0.3) is 0 Å². The van der Waals surface area contributed by atoms with Gasteiger partial charge in [0.1, 0.15) is 5.82 Å². The number of hydrogen-bond acceptors (Lipinski definition) is 1. The first-order valence-electron chi connectivity index (χ1n) is 7.32. The Bertz CT molecular complexity index is 614. The van der Waals surface area contributed by atoms with E-state index in [1.165, 1.54) is 31.2 Å². The number of aryl methyl sites for hydroxylation is 1. The van der Waals surface area contributed by atoms with Gasteiger partial charge in [-0.2, -0.15) is 0 Å². The van der Waals surface area contributed by atoms with Gasteiger partial charge in [-0.25, -0.2) is 4.98 Å². The quantitative estimate of drug-likeness (QED) is 0.693. The summed E-state index contributed by atoms with van der Waals surface area (Å²) >= 11 is 9.48. The monoisotopic (exact) mass is 354 g/mol. The molecule has 1 aromatic heterocycles. The summed E-state index contributed by atoms with van der Waals surface area (Å²) < 4.78 is 3.48. The fourth-order valence-corrected chi connectivity index (χ4v) is 3.89. The Morgan fingerprint density at radius 1 is 1.35 bits per heavy atom. The third kappa shape index (κ3) is 2.75. The van der Waals surface area contributed by atoms with Crippen LogP contribution in [0.2, 0.25) is 0 Å². The summed E-state index contributed by atoms with van der Waals surface area (Å²) in [5, 5.41) is 0. The van der Waals surface area contributed by atoms with Crippen molar-refractivity contribution in [3.63, 3.8) is 0 Å². The summed E-state index contributed by atoms with van der Waals surface area (Å²) in [6.07, 6.45) is 6.20. The number of benzene rings is 1. The molecule has 20 heavy (non-hydrogen) atoms. The van der Waals surface area contributed by atoms with Gasteiger partial charge in [-0.3, -0.25) is 0 Å². The lowest BCUT2D eigenvalue weighted by molar-refractivity contribution is 0.282. The van der Waals surface area contributed by atoms with Gasteiger partial charge in [0, 0.05) is 23.3 Å². The van der Waals surface area contributed by atoms with Gasteiger partial charge in [-0.1, -0.05) is 35.7 Å². The molecule has 4 heteroatoms. The predicted molar refractivity (Wildman–Crippen MR) is 88.4 cm³/mol. The number of hydrogen-bond donors (Lipinski definition) is 0. The first-order chi connectivity index (χ1) is 9.61. The van der Waals surface area contributed by atoms with Crippen molar-refractivity contribution in [2.24, 2.45) is 5.41 Å². The van der Waals surface area contributed by atoms with E-state index in [1.807, 2.05) is 0 Å². The van der Waals surface area contributed by atoms with Crippen molar-refractivity contribution in [3.05, 3.63) is 28.5 Å². The van der Waals surface area contributed by atoms with Crippen LogP contribution < -0.4 is 0 Å². The second-order valence-corrected chi connectivity index (χ2v) is 7.50. The molecule has 0 aliphatic heterocycles. The Kier molecular flexibility index (Phi) is 4.09. The maximum Gasteiger partial charge on any atom is 0.111 e. The van der Waals surface area contributed by atoms with Crippen LogP contribution in [0.3, 0.4) is 0 Å². The average molecular weight is 356 g/mol. The zero-order valence-corrected chi connectivity index (χ0v) is 14.2. The van der Waals surface area contributed by atoms with Gasteiger partial charge >= 0.3 is 0 Å². The van der Waals surface area contributed by atoms with Gasteiger partial charge in [-0.15, -0.1) is 11.6 Å². The first kappa shape index (κ1) is 14.4. The first-order valence-corrected chi connectivity index (χ1v) is 8.65. The van der Waals surface area contributed by atoms with Crippen molar-refractivity contribution >= 4 is 38.6 Å². The van der Waals surface area contributed by atoms with Crippen molar-refractivity contribution in [1.29, 1.82) is 0 Å². The van der Waals surface area contributed by atoms with Gasteiger partial charge in [-0.05, 0) is 36.5 Å². The van der Waals surface area contributed by atoms with Gasteiger partial charge in [0.05, 0.1) is 11.0 Å². The third-order valence-electron chi connectivity index (χ3n) is 4.46. The van der Waals surface area contributed by atoms with E-state index in [9.17, 15) is 0 Å². The smallest absolute Gasteiger partial charge is 0.111 e. The molecule has 0 saturated heterocycles. The molecule has 0 radical (unpaired) electrons. The Morgan fingerprint density at radius 2 is 2.10 bits per heavy atom. The summed E-state index contributed by atoms with van der Waals surface area (Å²) in [5.74, 6) is 1.75. The Morgan fingerprint density at radius 3 is 2.80 bits per heavy atom. The molecule has 1 aromatic carbocycles. The molecule has 108 valence electrons. The minimum Gasteiger partial charge on any atom is -0.327 e. The molecule has 0 bridgehead atoms. The van der Waals surface area contributed by atoms with Crippen LogP contribution in [0.4, 0.5) is 0 Å². The largest absolute Gasteiger partial charge is 0.327 e. The Labute approximate surface area is 133 Å². The van der Waals surface area contributed by atoms with Crippen molar-refractivity contribution < 1.29 is 0 Å². The molecule has 0 N–H and O–H groups in total. The van der Waals surface area contributed by atoms with Crippen molar-refractivity contribution in [3.8, 4) is 0 Å². The molecule has 1 heterocycles. The van der Waals surface area contributed by atoms with Crippen LogP contribution in [-0.4, -0.2) is 15.4 Å². The standard InChI is InChI=1S/C16H20BrClN2/c1-16(7-2-3-8-16)11-20-14-5-4-12(17)10-13(14)19-15(20)6-9-18/h4-5,10H,2-3,6-9,11H2,1H3. The van der Waals surface area contributed by atoms with E-state index in [0.29, 0.717) is 11.3 Å². The second kappa shape index (κ2) is 5.69. The zero-order chi connectivity index (χ0) is 14.2. The van der Waals surface area contributed by atoms with E-state index in [2.05, 4.69) is 45.6 Å². The lowest BCUT2D eigenvalue weighted by Gasteiger charge is -2.25. The number of fused-ring (bicyclic) bond motifs is 1. The fourth-order valence-electron chi connectivity index (χ4n) is 3.37. The topological polar surface area (TPSA) is 17.8 Å². The van der Waals surface area contributed by atoms with E-state index >= 15 is 0 Å². The maximum absolute atomic E-state index is 5.96. The van der Waals surface area contributed by atoms with Gasteiger partial charge < -0.3 is 4.57 Å². The van der Waals surface area contributed by atoms with E-state index in [4.69, 9.17) is 16.6 Å². The highest BCUT2D eigenvalue weighted by Gasteiger charge is 2.30. The summed E-state index contributed by atoms with van der Waals surface area (Å²) in [6.45, 7) is 3.48. The number of halogens is 2. The third-order valence-corrected chi connectivity index (χ3v) is 5.14. The number of imidazole rings is 1. The second-order valence-electron chi connectivity index (χ2n) is 6.20. The summed E-state index contributed by atoms with van der Waals surface area (Å²) in [6, 6.07) is 6.37. The van der Waals surface area contributed by atoms with Crippen LogP contribution >= 0.6 is 27.5 Å². The molecule has 2 nitrogen and oxygen atoms in total. The van der Waals surface area contributed by atoms with Crippen LogP contribution in [0.1, 0.15) is 38.4 Å². The number of alkyl halides is 1. The van der Waals surface area contributed by atoms with Gasteiger partial charge in [0.15, 0.2) is 0 Å². The minimum absolute atomic E-state index is 0.418. The van der Waals surface area contributed by atoms with Crippen LogP contribution in [0.25, 0.3) is 11.0 Å². The molecular weight excluding hydrogens is 336 g/mol. The van der Waals surface area contributed by atoms with E-state index in [1.54, 1.807) is 0 Å². The fraction of sp³-hybridized carbons (Fsp3) is 0.562. The highest BCUT2D eigenvalue weighted by Crippen LogP contribution is 2.40. The average Bonchev–Trinajstić information content (AvgIpc) is 2.96. The van der Waals surface area contributed by atoms with Crippen LogP contribution in [-0.2, 0) is 13.0 Å². The number of rotatable bonds is 4. The SMILES string of the molecule is CC1(Cn2c(CCCl)nc3cc(Br)ccc32)CCCC1. The van der Waals surface area contributed by atoms with Crippen molar-refractivity contribution in [1.82, 2.24) is 9.55 Å². The molecule has 1 fully saturated rings. The molecule has 2 aromatic rings. The number of aromatic nitrogens is 2. The maximum atomic E-state index is 5.96.